The van der Waals surface area contributed by atoms with E-state index in [1.165, 1.54) is 6.08 Å². The third-order valence-corrected chi connectivity index (χ3v) is 2.79. The van der Waals surface area contributed by atoms with Crippen molar-refractivity contribution in [2.45, 2.75) is 13.8 Å². The second-order valence-corrected chi connectivity index (χ2v) is 4.56. The van der Waals surface area contributed by atoms with Crippen LogP contribution >= 0.6 is 0 Å². The summed E-state index contributed by atoms with van der Waals surface area (Å²) >= 11 is 0. The summed E-state index contributed by atoms with van der Waals surface area (Å²) in [5.74, 6) is -1.37. The Hall–Kier alpha value is -2.88. The average molecular weight is 326 g/mol. The van der Waals surface area contributed by atoms with E-state index in [0.717, 1.165) is 5.56 Å². The molecule has 0 heterocycles. The SMILES string of the molecule is CCOC(=O)C(=C/C=C/C=C/C=C/c1ccccc1)C(=O)OCC. The van der Waals surface area contributed by atoms with Crippen LogP contribution in [0.1, 0.15) is 19.4 Å². The van der Waals surface area contributed by atoms with Gasteiger partial charge in [0.05, 0.1) is 13.2 Å². The van der Waals surface area contributed by atoms with Gasteiger partial charge in [0.25, 0.3) is 0 Å². The molecule has 0 N–H and O–H groups in total. The zero-order valence-corrected chi connectivity index (χ0v) is 14.0. The molecule has 0 aliphatic heterocycles. The third-order valence-electron chi connectivity index (χ3n) is 2.79. The molecule has 24 heavy (non-hydrogen) atoms. The molecule has 0 saturated carbocycles. The highest BCUT2D eigenvalue weighted by atomic mass is 16.6. The molecule has 1 rings (SSSR count). The second-order valence-electron chi connectivity index (χ2n) is 4.56. The molecule has 0 aromatic heterocycles. The molecule has 0 saturated heterocycles. The highest BCUT2D eigenvalue weighted by molar-refractivity contribution is 6.14. The Kier molecular flexibility index (Phi) is 9.31. The van der Waals surface area contributed by atoms with Gasteiger partial charge in [-0.2, -0.15) is 0 Å². The molecule has 0 radical (unpaired) electrons. The Balaban J connectivity index is 2.65. The lowest BCUT2D eigenvalue weighted by Crippen LogP contribution is -2.18. The largest absolute Gasteiger partial charge is 0.462 e. The average Bonchev–Trinajstić information content (AvgIpc) is 2.58. The first-order valence-corrected chi connectivity index (χ1v) is 7.80. The smallest absolute Gasteiger partial charge is 0.345 e. The van der Waals surface area contributed by atoms with Gasteiger partial charge >= 0.3 is 11.9 Å². The number of esters is 2. The highest BCUT2D eigenvalue weighted by Crippen LogP contribution is 2.03. The number of carbonyl (C=O) groups excluding carboxylic acids is 2. The maximum atomic E-state index is 11.7. The molecular weight excluding hydrogens is 304 g/mol. The first-order chi connectivity index (χ1) is 11.7. The zero-order chi connectivity index (χ0) is 17.6. The van der Waals surface area contributed by atoms with Crippen LogP contribution in [0.5, 0.6) is 0 Å². The van der Waals surface area contributed by atoms with Gasteiger partial charge < -0.3 is 9.47 Å². The van der Waals surface area contributed by atoms with E-state index in [4.69, 9.17) is 9.47 Å². The van der Waals surface area contributed by atoms with E-state index in [2.05, 4.69) is 0 Å². The summed E-state index contributed by atoms with van der Waals surface area (Å²) in [6.45, 7) is 3.75. The van der Waals surface area contributed by atoms with Gasteiger partial charge in [-0.25, -0.2) is 9.59 Å². The summed E-state index contributed by atoms with van der Waals surface area (Å²) in [4.78, 5) is 23.5. The highest BCUT2D eigenvalue weighted by Gasteiger charge is 2.19. The quantitative estimate of drug-likeness (QED) is 0.239. The van der Waals surface area contributed by atoms with Gasteiger partial charge in [0.1, 0.15) is 5.57 Å². The molecule has 0 aliphatic carbocycles. The summed E-state index contributed by atoms with van der Waals surface area (Å²) in [5.41, 5.74) is 0.987. The number of carbonyl (C=O) groups is 2. The fourth-order valence-electron chi connectivity index (χ4n) is 1.71. The molecule has 0 spiro atoms. The van der Waals surface area contributed by atoms with Crippen molar-refractivity contribution in [2.75, 3.05) is 13.2 Å². The minimum Gasteiger partial charge on any atom is -0.462 e. The first-order valence-electron chi connectivity index (χ1n) is 7.80. The number of hydrogen-bond donors (Lipinski definition) is 0. The predicted octanol–water partition coefficient (Wildman–Crippen LogP) is 3.86. The van der Waals surface area contributed by atoms with E-state index in [1.807, 2.05) is 48.6 Å². The molecular formula is C20H22O4. The van der Waals surface area contributed by atoms with E-state index in [9.17, 15) is 9.59 Å². The maximum absolute atomic E-state index is 11.7. The molecule has 0 amide bonds. The van der Waals surface area contributed by atoms with E-state index < -0.39 is 11.9 Å². The first kappa shape index (κ1) is 19.2. The van der Waals surface area contributed by atoms with Crippen molar-refractivity contribution < 1.29 is 19.1 Å². The topological polar surface area (TPSA) is 52.6 Å². The lowest BCUT2D eigenvalue weighted by molar-refractivity contribution is -0.146. The van der Waals surface area contributed by atoms with Crippen molar-refractivity contribution >= 4 is 18.0 Å². The van der Waals surface area contributed by atoms with Gasteiger partial charge in [0, 0.05) is 0 Å². The van der Waals surface area contributed by atoms with Crippen LogP contribution in [0.4, 0.5) is 0 Å². The minimum atomic E-state index is -0.687. The fourth-order valence-corrected chi connectivity index (χ4v) is 1.71. The zero-order valence-electron chi connectivity index (χ0n) is 14.0. The van der Waals surface area contributed by atoms with Crippen LogP contribution in [0.25, 0.3) is 6.08 Å². The molecule has 4 heteroatoms. The third kappa shape index (κ3) is 7.40. The van der Waals surface area contributed by atoms with Gasteiger partial charge in [-0.3, -0.25) is 0 Å². The van der Waals surface area contributed by atoms with E-state index in [-0.39, 0.29) is 18.8 Å². The van der Waals surface area contributed by atoms with Crippen molar-refractivity contribution in [1.82, 2.24) is 0 Å². The second kappa shape index (κ2) is 11.7. The normalized spacial score (nSPS) is 11.1. The van der Waals surface area contributed by atoms with Crippen LogP contribution in [0, 0.1) is 0 Å². The number of benzene rings is 1. The maximum Gasteiger partial charge on any atom is 0.345 e. The van der Waals surface area contributed by atoms with Gasteiger partial charge in [0.2, 0.25) is 0 Å². The Morgan fingerprint density at radius 1 is 0.833 bits per heavy atom. The summed E-state index contributed by atoms with van der Waals surface area (Å²) in [6, 6.07) is 9.93. The number of allylic oxidation sites excluding steroid dienone is 6. The summed E-state index contributed by atoms with van der Waals surface area (Å²) < 4.78 is 9.69. The molecule has 0 atom stereocenters. The lowest BCUT2D eigenvalue weighted by Gasteiger charge is -2.05. The summed E-state index contributed by atoms with van der Waals surface area (Å²) in [6.07, 6.45) is 12.2. The fraction of sp³-hybridized carbons (Fsp3) is 0.200. The standard InChI is InChI=1S/C20H22O4/c1-3-23-19(21)18(20(22)24-4-2)16-12-7-5-6-9-13-17-14-10-8-11-15-17/h5-16H,3-4H2,1-2H3/b6-5+,12-7+,13-9+. The van der Waals surface area contributed by atoms with Crippen molar-refractivity contribution in [3.05, 3.63) is 77.9 Å². The van der Waals surface area contributed by atoms with Crippen LogP contribution in [0.3, 0.4) is 0 Å². The Morgan fingerprint density at radius 3 is 1.96 bits per heavy atom. The van der Waals surface area contributed by atoms with Crippen LogP contribution in [-0.2, 0) is 19.1 Å². The molecule has 0 bridgehead atoms. The minimum absolute atomic E-state index is 0.122. The summed E-state index contributed by atoms with van der Waals surface area (Å²) in [7, 11) is 0. The molecule has 0 aliphatic rings. The van der Waals surface area contributed by atoms with Gasteiger partial charge in [-0.1, -0.05) is 66.8 Å². The Bertz CT molecular complexity index is 617. The van der Waals surface area contributed by atoms with E-state index in [0.29, 0.717) is 0 Å². The van der Waals surface area contributed by atoms with E-state index >= 15 is 0 Å². The van der Waals surface area contributed by atoms with Gasteiger partial charge in [-0.05, 0) is 25.5 Å². The molecule has 0 fully saturated rings. The Labute approximate surface area is 142 Å². The van der Waals surface area contributed by atoms with Gasteiger partial charge in [-0.15, -0.1) is 0 Å². The van der Waals surface area contributed by atoms with Crippen molar-refractivity contribution in [3.8, 4) is 0 Å². The lowest BCUT2D eigenvalue weighted by atomic mass is 10.2. The van der Waals surface area contributed by atoms with Crippen molar-refractivity contribution in [1.29, 1.82) is 0 Å². The van der Waals surface area contributed by atoms with Crippen LogP contribution in [-0.4, -0.2) is 25.2 Å². The molecule has 0 unspecified atom stereocenters. The van der Waals surface area contributed by atoms with Crippen LogP contribution < -0.4 is 0 Å². The van der Waals surface area contributed by atoms with Crippen molar-refractivity contribution in [3.63, 3.8) is 0 Å². The number of hydrogen-bond acceptors (Lipinski definition) is 4. The summed E-state index contributed by atoms with van der Waals surface area (Å²) in [5, 5.41) is 0. The monoisotopic (exact) mass is 326 g/mol. The number of rotatable bonds is 8. The molecule has 1 aromatic rings. The molecule has 4 nitrogen and oxygen atoms in total. The predicted molar refractivity (Wildman–Crippen MR) is 95.1 cm³/mol. The number of ether oxygens (including phenoxy) is 2. The molecule has 126 valence electrons. The van der Waals surface area contributed by atoms with Gasteiger partial charge in [0.15, 0.2) is 0 Å². The molecule has 1 aromatic carbocycles. The Morgan fingerprint density at radius 2 is 1.38 bits per heavy atom. The van der Waals surface area contributed by atoms with Crippen LogP contribution in [0.2, 0.25) is 0 Å². The van der Waals surface area contributed by atoms with Crippen LogP contribution in [0.15, 0.2) is 72.4 Å². The van der Waals surface area contributed by atoms with E-state index in [1.54, 1.807) is 32.1 Å². The van der Waals surface area contributed by atoms with Crippen molar-refractivity contribution in [2.24, 2.45) is 0 Å².